The highest BCUT2D eigenvalue weighted by Gasteiger charge is 2.03. The van der Waals surface area contributed by atoms with Gasteiger partial charge in [-0.2, -0.15) is 0 Å². The molecule has 0 aromatic carbocycles. The number of carbonyl (C=O) groups excluding carboxylic acids is 1. The van der Waals surface area contributed by atoms with E-state index in [0.29, 0.717) is 12.4 Å². The molecule has 1 N–H and O–H groups in total. The minimum atomic E-state index is -0.471. The van der Waals surface area contributed by atoms with E-state index in [1.807, 2.05) is 6.92 Å². The van der Waals surface area contributed by atoms with Gasteiger partial charge in [0.1, 0.15) is 0 Å². The third-order valence-corrected chi connectivity index (χ3v) is 1.83. The molecule has 0 unspecified atom stereocenters. The van der Waals surface area contributed by atoms with Crippen molar-refractivity contribution in [2.45, 2.75) is 19.8 Å². The maximum absolute atomic E-state index is 11.0. The van der Waals surface area contributed by atoms with E-state index in [-0.39, 0.29) is 0 Å². The third-order valence-electron chi connectivity index (χ3n) is 1.32. The van der Waals surface area contributed by atoms with Crippen LogP contribution in [0.25, 0.3) is 0 Å². The lowest BCUT2D eigenvalue weighted by molar-refractivity contribution is 0.160. The second kappa shape index (κ2) is 5.47. The Kier molecular flexibility index (Phi) is 4.17. The van der Waals surface area contributed by atoms with Crippen molar-refractivity contribution in [2.75, 3.05) is 11.9 Å². The SMILES string of the molecule is CCCCOC(=O)Nc1csnn1. The Morgan fingerprint density at radius 1 is 1.77 bits per heavy atom. The molecule has 6 heteroatoms. The monoisotopic (exact) mass is 201 g/mol. The van der Waals surface area contributed by atoms with Crippen molar-refractivity contribution in [3.05, 3.63) is 5.38 Å². The number of anilines is 1. The van der Waals surface area contributed by atoms with Crippen LogP contribution in [-0.2, 0) is 4.74 Å². The first kappa shape index (κ1) is 9.91. The lowest BCUT2D eigenvalue weighted by Gasteiger charge is -2.02. The van der Waals surface area contributed by atoms with Gasteiger partial charge < -0.3 is 4.74 Å². The predicted molar refractivity (Wildman–Crippen MR) is 49.8 cm³/mol. The summed E-state index contributed by atoms with van der Waals surface area (Å²) in [5.74, 6) is 0.437. The van der Waals surface area contributed by atoms with Gasteiger partial charge in [-0.3, -0.25) is 5.32 Å². The highest BCUT2D eigenvalue weighted by molar-refractivity contribution is 7.03. The molecule has 0 bridgehead atoms. The number of nitrogens with one attached hydrogen (secondary N) is 1. The molecule has 0 fully saturated rings. The van der Waals surface area contributed by atoms with E-state index >= 15 is 0 Å². The Morgan fingerprint density at radius 2 is 2.62 bits per heavy atom. The molecule has 1 amide bonds. The zero-order chi connectivity index (χ0) is 9.52. The van der Waals surface area contributed by atoms with E-state index < -0.39 is 6.09 Å². The molecule has 0 saturated heterocycles. The van der Waals surface area contributed by atoms with Crippen LogP contribution in [0.4, 0.5) is 10.6 Å². The number of unbranched alkanes of at least 4 members (excludes halogenated alkanes) is 1. The Labute approximate surface area is 80.3 Å². The number of ether oxygens (including phenoxy) is 1. The van der Waals surface area contributed by atoms with E-state index in [1.54, 1.807) is 5.38 Å². The van der Waals surface area contributed by atoms with Gasteiger partial charge in [-0.25, -0.2) is 4.79 Å². The lowest BCUT2D eigenvalue weighted by Crippen LogP contribution is -2.14. The van der Waals surface area contributed by atoms with Crippen LogP contribution in [-0.4, -0.2) is 22.3 Å². The Bertz CT molecular complexity index is 250. The highest BCUT2D eigenvalue weighted by Crippen LogP contribution is 2.03. The maximum Gasteiger partial charge on any atom is 0.412 e. The molecule has 1 rings (SSSR count). The van der Waals surface area contributed by atoms with Crippen LogP contribution in [0.3, 0.4) is 0 Å². The number of hydrogen-bond donors (Lipinski definition) is 1. The van der Waals surface area contributed by atoms with Crippen molar-refractivity contribution >= 4 is 23.4 Å². The summed E-state index contributed by atoms with van der Waals surface area (Å²) >= 11 is 1.18. The molecule has 1 aromatic heterocycles. The smallest absolute Gasteiger partial charge is 0.412 e. The summed E-state index contributed by atoms with van der Waals surface area (Å²) in [6.45, 7) is 2.48. The summed E-state index contributed by atoms with van der Waals surface area (Å²) in [4.78, 5) is 11.0. The third kappa shape index (κ3) is 3.84. The zero-order valence-electron chi connectivity index (χ0n) is 7.32. The second-order valence-electron chi connectivity index (χ2n) is 2.40. The van der Waals surface area contributed by atoms with Crippen LogP contribution < -0.4 is 5.32 Å². The molecule has 0 spiro atoms. The molecule has 0 aliphatic heterocycles. The molecule has 0 aliphatic rings. The topological polar surface area (TPSA) is 64.1 Å². The van der Waals surface area contributed by atoms with Crippen LogP contribution in [0.5, 0.6) is 0 Å². The maximum atomic E-state index is 11.0. The van der Waals surface area contributed by atoms with E-state index in [2.05, 4.69) is 14.9 Å². The molecule has 0 aliphatic carbocycles. The van der Waals surface area contributed by atoms with Crippen molar-refractivity contribution < 1.29 is 9.53 Å². The number of amides is 1. The lowest BCUT2D eigenvalue weighted by atomic mass is 10.4. The molecule has 72 valence electrons. The van der Waals surface area contributed by atoms with Crippen molar-refractivity contribution in [3.63, 3.8) is 0 Å². The van der Waals surface area contributed by atoms with Gasteiger partial charge in [-0.1, -0.05) is 17.8 Å². The van der Waals surface area contributed by atoms with Crippen LogP contribution in [0.2, 0.25) is 0 Å². The van der Waals surface area contributed by atoms with Crippen LogP contribution in [0.15, 0.2) is 5.38 Å². The summed E-state index contributed by atoms with van der Waals surface area (Å²) in [6.07, 6.45) is 1.41. The van der Waals surface area contributed by atoms with E-state index in [9.17, 15) is 4.79 Å². The summed E-state index contributed by atoms with van der Waals surface area (Å²) in [5.41, 5.74) is 0. The molecule has 1 heterocycles. The molecule has 0 saturated carbocycles. The van der Waals surface area contributed by atoms with E-state index in [0.717, 1.165) is 12.8 Å². The Morgan fingerprint density at radius 3 is 3.23 bits per heavy atom. The predicted octanol–water partition coefficient (Wildman–Crippen LogP) is 1.89. The number of nitrogens with zero attached hydrogens (tertiary/aromatic N) is 2. The number of hydrogen-bond acceptors (Lipinski definition) is 5. The van der Waals surface area contributed by atoms with Gasteiger partial charge in [0, 0.05) is 0 Å². The number of rotatable bonds is 4. The van der Waals surface area contributed by atoms with Gasteiger partial charge in [0.25, 0.3) is 0 Å². The first-order chi connectivity index (χ1) is 6.33. The first-order valence-electron chi connectivity index (χ1n) is 4.03. The number of carbonyl (C=O) groups is 1. The molecule has 13 heavy (non-hydrogen) atoms. The fraction of sp³-hybridized carbons (Fsp3) is 0.571. The summed E-state index contributed by atoms with van der Waals surface area (Å²) in [5, 5.41) is 7.74. The van der Waals surface area contributed by atoms with Crippen molar-refractivity contribution in [1.29, 1.82) is 0 Å². The molecular formula is C7H11N3O2S. The van der Waals surface area contributed by atoms with Crippen molar-refractivity contribution in [2.24, 2.45) is 0 Å². The molecule has 0 radical (unpaired) electrons. The summed E-state index contributed by atoms with van der Waals surface area (Å²) in [6, 6.07) is 0. The van der Waals surface area contributed by atoms with Crippen LogP contribution >= 0.6 is 11.5 Å². The quantitative estimate of drug-likeness (QED) is 0.755. The molecule has 0 atom stereocenters. The molecule has 1 aromatic rings. The molecule has 5 nitrogen and oxygen atoms in total. The Balaban J connectivity index is 2.18. The minimum Gasteiger partial charge on any atom is -0.449 e. The van der Waals surface area contributed by atoms with Gasteiger partial charge in [0.15, 0.2) is 5.82 Å². The van der Waals surface area contributed by atoms with Gasteiger partial charge >= 0.3 is 6.09 Å². The summed E-state index contributed by atoms with van der Waals surface area (Å²) in [7, 11) is 0. The standard InChI is InChI=1S/C7H11N3O2S/c1-2-3-4-12-7(11)8-6-5-13-10-9-6/h5H,2-4H2,1H3,(H,8,11). The van der Waals surface area contributed by atoms with Gasteiger partial charge in [-0.15, -0.1) is 5.10 Å². The number of aromatic nitrogens is 2. The average molecular weight is 201 g/mol. The fourth-order valence-corrected chi connectivity index (χ4v) is 1.06. The summed E-state index contributed by atoms with van der Waals surface area (Å²) < 4.78 is 8.44. The second-order valence-corrected chi connectivity index (χ2v) is 3.01. The van der Waals surface area contributed by atoms with E-state index in [4.69, 9.17) is 4.74 Å². The van der Waals surface area contributed by atoms with Crippen molar-refractivity contribution in [1.82, 2.24) is 9.59 Å². The van der Waals surface area contributed by atoms with Gasteiger partial charge in [-0.05, 0) is 18.0 Å². The fourth-order valence-electron chi connectivity index (χ4n) is 0.669. The van der Waals surface area contributed by atoms with Gasteiger partial charge in [0.2, 0.25) is 0 Å². The van der Waals surface area contributed by atoms with E-state index in [1.165, 1.54) is 11.5 Å². The minimum absolute atomic E-state index is 0.437. The molecular weight excluding hydrogens is 190 g/mol. The van der Waals surface area contributed by atoms with Crippen LogP contribution in [0, 0.1) is 0 Å². The van der Waals surface area contributed by atoms with Crippen LogP contribution in [0.1, 0.15) is 19.8 Å². The first-order valence-corrected chi connectivity index (χ1v) is 4.87. The average Bonchev–Trinajstić information content (AvgIpc) is 2.57. The highest BCUT2D eigenvalue weighted by atomic mass is 32.1. The largest absolute Gasteiger partial charge is 0.449 e. The van der Waals surface area contributed by atoms with Gasteiger partial charge in [0.05, 0.1) is 12.0 Å². The zero-order valence-corrected chi connectivity index (χ0v) is 8.13. The normalized spacial score (nSPS) is 9.62. The van der Waals surface area contributed by atoms with Crippen molar-refractivity contribution in [3.8, 4) is 0 Å². The Hall–Kier alpha value is -1.17.